The van der Waals surface area contributed by atoms with Crippen LogP contribution >= 0.6 is 0 Å². The second kappa shape index (κ2) is 6.57. The van der Waals surface area contributed by atoms with Gasteiger partial charge in [0, 0.05) is 19.2 Å². The molecule has 25 heavy (non-hydrogen) atoms. The Morgan fingerprint density at radius 3 is 2.76 bits per heavy atom. The number of furan rings is 1. The van der Waals surface area contributed by atoms with Gasteiger partial charge in [-0.2, -0.15) is 5.10 Å². The third-order valence-corrected chi connectivity index (χ3v) is 4.23. The lowest BCUT2D eigenvalue weighted by Gasteiger charge is -2.31. The van der Waals surface area contributed by atoms with Crippen LogP contribution in [0, 0.1) is 0 Å². The summed E-state index contributed by atoms with van der Waals surface area (Å²) in [5, 5.41) is 4.60. The lowest BCUT2D eigenvalue weighted by molar-refractivity contribution is -0.0127. The zero-order valence-electron chi connectivity index (χ0n) is 14.0. The molecule has 1 saturated heterocycles. The number of hydrogen-bond acceptors (Lipinski definition) is 4. The van der Waals surface area contributed by atoms with Crippen molar-refractivity contribution in [2.24, 2.45) is 0 Å². The average Bonchev–Trinajstić information content (AvgIpc) is 3.31. The van der Waals surface area contributed by atoms with E-state index < -0.39 is 0 Å². The zero-order valence-corrected chi connectivity index (χ0v) is 14.0. The number of carbonyl (C=O) groups excluding carboxylic acids is 1. The van der Waals surface area contributed by atoms with E-state index in [1.807, 2.05) is 54.3 Å². The van der Waals surface area contributed by atoms with Gasteiger partial charge in [-0.15, -0.1) is 0 Å². The molecule has 0 spiro atoms. The van der Waals surface area contributed by atoms with Gasteiger partial charge in [-0.05, 0) is 31.2 Å². The van der Waals surface area contributed by atoms with Gasteiger partial charge in [-0.3, -0.25) is 4.79 Å². The largest absolute Gasteiger partial charge is 0.463 e. The highest BCUT2D eigenvalue weighted by Crippen LogP contribution is 2.23. The third kappa shape index (κ3) is 3.08. The van der Waals surface area contributed by atoms with Gasteiger partial charge in [0.1, 0.15) is 11.4 Å². The molecule has 6 nitrogen and oxygen atoms in total. The monoisotopic (exact) mass is 337 g/mol. The van der Waals surface area contributed by atoms with Crippen molar-refractivity contribution >= 4 is 5.91 Å². The molecule has 2 aromatic heterocycles. The molecule has 3 aromatic rings. The lowest BCUT2D eigenvalue weighted by atomic mass is 10.2. The normalized spacial score (nSPS) is 17.6. The molecular formula is C19H19N3O3. The van der Waals surface area contributed by atoms with E-state index in [0.29, 0.717) is 36.8 Å². The molecule has 128 valence electrons. The molecular weight excluding hydrogens is 318 g/mol. The molecule has 0 aliphatic carbocycles. The maximum absolute atomic E-state index is 13.1. The maximum atomic E-state index is 13.1. The number of ether oxygens (including phenoxy) is 1. The summed E-state index contributed by atoms with van der Waals surface area (Å²) in [5.41, 5.74) is 2.00. The fourth-order valence-corrected chi connectivity index (χ4v) is 3.01. The molecule has 3 heterocycles. The molecule has 1 aromatic carbocycles. The van der Waals surface area contributed by atoms with E-state index >= 15 is 0 Å². The Morgan fingerprint density at radius 1 is 1.20 bits per heavy atom. The van der Waals surface area contributed by atoms with Crippen LogP contribution in [0.4, 0.5) is 0 Å². The van der Waals surface area contributed by atoms with E-state index in [0.717, 1.165) is 5.69 Å². The number of nitrogens with zero attached hydrogens (tertiary/aromatic N) is 3. The standard InChI is InChI=1S/C19H19N3O3/c1-14-13-21(9-11-24-14)19(23)17-12-16(18-8-5-10-25-18)20-22(17)15-6-3-2-4-7-15/h2-8,10,12,14H,9,11,13H2,1H3/t14-/m0/s1. The molecule has 1 amide bonds. The van der Waals surface area contributed by atoms with Crippen LogP contribution in [0.1, 0.15) is 17.4 Å². The fraction of sp³-hybridized carbons (Fsp3) is 0.263. The van der Waals surface area contributed by atoms with E-state index in [-0.39, 0.29) is 12.0 Å². The summed E-state index contributed by atoms with van der Waals surface area (Å²) in [6.07, 6.45) is 1.64. The number of benzene rings is 1. The molecule has 6 heteroatoms. The van der Waals surface area contributed by atoms with E-state index in [4.69, 9.17) is 9.15 Å². The van der Waals surface area contributed by atoms with Crippen LogP contribution in [0.3, 0.4) is 0 Å². The number of rotatable bonds is 3. The van der Waals surface area contributed by atoms with E-state index in [9.17, 15) is 4.79 Å². The molecule has 1 aliphatic rings. The van der Waals surface area contributed by atoms with Crippen LogP contribution in [0.2, 0.25) is 0 Å². The lowest BCUT2D eigenvalue weighted by Crippen LogP contribution is -2.45. The first-order chi connectivity index (χ1) is 12.2. The van der Waals surface area contributed by atoms with Crippen molar-refractivity contribution in [2.45, 2.75) is 13.0 Å². The van der Waals surface area contributed by atoms with Crippen molar-refractivity contribution in [2.75, 3.05) is 19.7 Å². The summed E-state index contributed by atoms with van der Waals surface area (Å²) in [7, 11) is 0. The topological polar surface area (TPSA) is 60.5 Å². The molecule has 0 unspecified atom stereocenters. The number of carbonyl (C=O) groups is 1. The van der Waals surface area contributed by atoms with Gasteiger partial charge in [0.25, 0.3) is 5.91 Å². The molecule has 0 radical (unpaired) electrons. The van der Waals surface area contributed by atoms with Gasteiger partial charge in [0.2, 0.25) is 0 Å². The van der Waals surface area contributed by atoms with E-state index in [2.05, 4.69) is 5.10 Å². The van der Waals surface area contributed by atoms with Crippen LogP contribution < -0.4 is 0 Å². The van der Waals surface area contributed by atoms with Crippen LogP contribution in [0.5, 0.6) is 0 Å². The van der Waals surface area contributed by atoms with Gasteiger partial charge in [0.05, 0.1) is 24.7 Å². The molecule has 0 saturated carbocycles. The highest BCUT2D eigenvalue weighted by molar-refractivity contribution is 5.94. The van der Waals surface area contributed by atoms with Crippen molar-refractivity contribution in [3.8, 4) is 17.1 Å². The van der Waals surface area contributed by atoms with Crippen molar-refractivity contribution < 1.29 is 13.9 Å². The minimum atomic E-state index is -0.0516. The highest BCUT2D eigenvalue weighted by atomic mass is 16.5. The molecule has 1 atom stereocenters. The van der Waals surface area contributed by atoms with Crippen molar-refractivity contribution in [1.82, 2.24) is 14.7 Å². The Hall–Kier alpha value is -2.86. The number of amides is 1. The molecule has 0 N–H and O–H groups in total. The Balaban J connectivity index is 1.76. The zero-order chi connectivity index (χ0) is 17.2. The first kappa shape index (κ1) is 15.7. The summed E-state index contributed by atoms with van der Waals surface area (Å²) in [6.45, 7) is 3.69. The second-order valence-electron chi connectivity index (χ2n) is 6.07. The van der Waals surface area contributed by atoms with Gasteiger partial charge in [-0.25, -0.2) is 4.68 Å². The third-order valence-electron chi connectivity index (χ3n) is 4.23. The number of para-hydroxylation sites is 1. The van der Waals surface area contributed by atoms with Crippen LogP contribution in [0.25, 0.3) is 17.1 Å². The quantitative estimate of drug-likeness (QED) is 0.737. The Kier molecular flexibility index (Phi) is 4.11. The van der Waals surface area contributed by atoms with Gasteiger partial charge in [-0.1, -0.05) is 18.2 Å². The Morgan fingerprint density at radius 2 is 2.04 bits per heavy atom. The minimum absolute atomic E-state index is 0.0374. The van der Waals surface area contributed by atoms with Gasteiger partial charge < -0.3 is 14.1 Å². The average molecular weight is 337 g/mol. The smallest absolute Gasteiger partial charge is 0.272 e. The molecule has 1 aliphatic heterocycles. The molecule has 4 rings (SSSR count). The molecule has 1 fully saturated rings. The van der Waals surface area contributed by atoms with Crippen molar-refractivity contribution in [3.63, 3.8) is 0 Å². The predicted molar refractivity (Wildman–Crippen MR) is 92.6 cm³/mol. The van der Waals surface area contributed by atoms with E-state index in [1.165, 1.54) is 0 Å². The van der Waals surface area contributed by atoms with Crippen LogP contribution in [0.15, 0.2) is 59.2 Å². The summed E-state index contributed by atoms with van der Waals surface area (Å²) in [4.78, 5) is 14.9. The van der Waals surface area contributed by atoms with Crippen molar-refractivity contribution in [1.29, 1.82) is 0 Å². The SMILES string of the molecule is C[C@H]1CN(C(=O)c2cc(-c3ccco3)nn2-c2ccccc2)CCO1. The van der Waals surface area contributed by atoms with Gasteiger partial charge in [0.15, 0.2) is 5.76 Å². The Bertz CT molecular complexity index is 855. The highest BCUT2D eigenvalue weighted by Gasteiger charge is 2.27. The predicted octanol–water partition coefficient (Wildman–Crippen LogP) is 2.99. The number of hydrogen-bond donors (Lipinski definition) is 0. The first-order valence-electron chi connectivity index (χ1n) is 8.32. The van der Waals surface area contributed by atoms with Crippen LogP contribution in [-0.4, -0.2) is 46.4 Å². The molecule has 0 bridgehead atoms. The summed E-state index contributed by atoms with van der Waals surface area (Å²) < 4.78 is 12.7. The second-order valence-corrected chi connectivity index (χ2v) is 6.07. The minimum Gasteiger partial charge on any atom is -0.463 e. The maximum Gasteiger partial charge on any atom is 0.272 e. The summed E-state index contributed by atoms with van der Waals surface area (Å²) >= 11 is 0. The number of morpholine rings is 1. The summed E-state index contributed by atoms with van der Waals surface area (Å²) in [5.74, 6) is 0.586. The van der Waals surface area contributed by atoms with E-state index in [1.54, 1.807) is 17.0 Å². The Labute approximate surface area is 145 Å². The number of aromatic nitrogens is 2. The van der Waals surface area contributed by atoms with Gasteiger partial charge >= 0.3 is 0 Å². The summed E-state index contributed by atoms with van der Waals surface area (Å²) in [6, 6.07) is 15.1. The first-order valence-corrected chi connectivity index (χ1v) is 8.32. The van der Waals surface area contributed by atoms with Crippen molar-refractivity contribution in [3.05, 3.63) is 60.5 Å². The fourth-order valence-electron chi connectivity index (χ4n) is 3.01. The van der Waals surface area contributed by atoms with Crippen LogP contribution in [-0.2, 0) is 4.74 Å².